The summed E-state index contributed by atoms with van der Waals surface area (Å²) >= 11 is 7.92. The lowest BCUT2D eigenvalue weighted by Crippen LogP contribution is -2.40. The van der Waals surface area contributed by atoms with Gasteiger partial charge in [0.15, 0.2) is 5.82 Å². The summed E-state index contributed by atoms with van der Waals surface area (Å²) in [7, 11) is 0. The van der Waals surface area contributed by atoms with Crippen molar-refractivity contribution in [3.63, 3.8) is 0 Å². The maximum atomic E-state index is 12.5. The molecule has 30 heavy (non-hydrogen) atoms. The van der Waals surface area contributed by atoms with E-state index in [1.54, 1.807) is 6.92 Å². The number of aromatic nitrogens is 2. The fraction of sp³-hybridized carbons (Fsp3) is 0.409. The number of fused-ring (bicyclic) bond motifs is 1. The molecule has 1 aliphatic rings. The van der Waals surface area contributed by atoms with Gasteiger partial charge in [-0.25, -0.2) is 0 Å². The second-order valence-corrected chi connectivity index (χ2v) is 8.99. The molecule has 0 bridgehead atoms. The molecule has 0 spiro atoms. The van der Waals surface area contributed by atoms with Crippen molar-refractivity contribution in [1.29, 1.82) is 0 Å². The summed E-state index contributed by atoms with van der Waals surface area (Å²) in [5, 5.41) is 9.79. The van der Waals surface area contributed by atoms with Crippen LogP contribution in [0.25, 0.3) is 0 Å². The lowest BCUT2D eigenvalue weighted by Gasteiger charge is -2.35. The molecule has 1 aromatic carbocycles. The van der Waals surface area contributed by atoms with Crippen molar-refractivity contribution in [3.8, 4) is 0 Å². The van der Waals surface area contributed by atoms with Gasteiger partial charge in [-0.2, -0.15) is 4.98 Å². The third-order valence-corrected chi connectivity index (χ3v) is 6.66. The fourth-order valence-electron chi connectivity index (χ4n) is 3.82. The topological polar surface area (TPSA) is 71.3 Å². The summed E-state index contributed by atoms with van der Waals surface area (Å²) in [5.41, 5.74) is 2.56. The SMILES string of the molecule is Cc1noc(CCCC(=O)NCC(c2ccc(Cl)cc2)N2CCc3sccc3C2)n1. The van der Waals surface area contributed by atoms with E-state index in [4.69, 9.17) is 16.1 Å². The first-order valence-corrected chi connectivity index (χ1v) is 11.4. The Kier molecular flexibility index (Phi) is 6.82. The largest absolute Gasteiger partial charge is 0.354 e. The van der Waals surface area contributed by atoms with Crippen molar-refractivity contribution in [1.82, 2.24) is 20.4 Å². The van der Waals surface area contributed by atoms with Gasteiger partial charge in [-0.05, 0) is 54.5 Å². The Bertz CT molecular complexity index is 985. The van der Waals surface area contributed by atoms with Gasteiger partial charge in [-0.3, -0.25) is 9.69 Å². The van der Waals surface area contributed by atoms with Crippen LogP contribution in [0.2, 0.25) is 5.02 Å². The first-order valence-electron chi connectivity index (χ1n) is 10.2. The van der Waals surface area contributed by atoms with Gasteiger partial charge >= 0.3 is 0 Å². The Morgan fingerprint density at radius 1 is 1.33 bits per heavy atom. The standard InChI is InChI=1S/C22H25ClN4O2S/c1-15-25-22(29-26-15)4-2-3-21(28)24-13-19(16-5-7-18(23)8-6-16)27-11-9-20-17(14-27)10-12-30-20/h5-8,10,12,19H,2-4,9,11,13-14H2,1H3,(H,24,28). The number of hydrogen-bond acceptors (Lipinski definition) is 6. The second kappa shape index (κ2) is 9.73. The molecular formula is C22H25ClN4O2S. The number of carbonyl (C=O) groups is 1. The number of amides is 1. The molecule has 0 saturated heterocycles. The molecule has 3 aromatic rings. The summed E-state index contributed by atoms with van der Waals surface area (Å²) < 4.78 is 5.10. The van der Waals surface area contributed by atoms with Gasteiger partial charge in [-0.1, -0.05) is 28.9 Å². The van der Waals surface area contributed by atoms with E-state index in [0.29, 0.717) is 37.5 Å². The molecule has 1 atom stereocenters. The van der Waals surface area contributed by atoms with Crippen LogP contribution in [0.15, 0.2) is 40.2 Å². The lowest BCUT2D eigenvalue weighted by molar-refractivity contribution is -0.121. The quantitative estimate of drug-likeness (QED) is 0.559. The summed E-state index contributed by atoms with van der Waals surface area (Å²) in [5.74, 6) is 1.24. The Balaban J connectivity index is 1.36. The van der Waals surface area contributed by atoms with Crippen molar-refractivity contribution in [2.24, 2.45) is 0 Å². The van der Waals surface area contributed by atoms with Crippen LogP contribution >= 0.6 is 22.9 Å². The number of halogens is 1. The molecule has 8 heteroatoms. The molecule has 0 radical (unpaired) electrons. The van der Waals surface area contributed by atoms with Crippen LogP contribution in [0, 0.1) is 6.92 Å². The van der Waals surface area contributed by atoms with Gasteiger partial charge in [0.25, 0.3) is 0 Å². The summed E-state index contributed by atoms with van der Waals surface area (Å²) in [6.45, 7) is 4.24. The average molecular weight is 445 g/mol. The molecule has 6 nitrogen and oxygen atoms in total. The van der Waals surface area contributed by atoms with Crippen molar-refractivity contribution < 1.29 is 9.32 Å². The van der Waals surface area contributed by atoms with Gasteiger partial charge in [0, 0.05) is 42.4 Å². The second-order valence-electron chi connectivity index (χ2n) is 7.55. The first-order chi connectivity index (χ1) is 14.6. The number of aryl methyl sites for hydroxylation is 2. The van der Waals surface area contributed by atoms with E-state index in [0.717, 1.165) is 24.5 Å². The summed E-state index contributed by atoms with van der Waals surface area (Å²) in [6, 6.07) is 10.3. The van der Waals surface area contributed by atoms with E-state index in [1.807, 2.05) is 23.5 Å². The van der Waals surface area contributed by atoms with Crippen LogP contribution in [-0.4, -0.2) is 34.0 Å². The number of thiophene rings is 1. The van der Waals surface area contributed by atoms with Gasteiger partial charge in [0.05, 0.1) is 6.04 Å². The van der Waals surface area contributed by atoms with Gasteiger partial charge in [0.2, 0.25) is 11.8 Å². The minimum atomic E-state index is 0.0402. The highest BCUT2D eigenvalue weighted by molar-refractivity contribution is 7.10. The maximum absolute atomic E-state index is 12.5. The predicted molar refractivity (Wildman–Crippen MR) is 118 cm³/mol. The lowest BCUT2D eigenvalue weighted by atomic mass is 10.0. The molecule has 0 aliphatic carbocycles. The molecule has 3 heterocycles. The Hall–Kier alpha value is -2.22. The summed E-state index contributed by atoms with van der Waals surface area (Å²) in [6.07, 6.45) is 2.78. The molecule has 1 amide bonds. The van der Waals surface area contributed by atoms with Gasteiger partial charge in [0.1, 0.15) is 0 Å². The monoisotopic (exact) mass is 444 g/mol. The smallest absolute Gasteiger partial charge is 0.226 e. The zero-order chi connectivity index (χ0) is 20.9. The number of rotatable bonds is 8. The Labute approximate surface area is 185 Å². The normalized spacial score (nSPS) is 15.0. The highest BCUT2D eigenvalue weighted by Gasteiger charge is 2.26. The summed E-state index contributed by atoms with van der Waals surface area (Å²) in [4.78, 5) is 20.5. The molecule has 158 valence electrons. The van der Waals surface area contributed by atoms with Gasteiger partial charge < -0.3 is 9.84 Å². The number of carbonyl (C=O) groups excluding carboxylic acids is 1. The number of nitrogens with zero attached hydrogens (tertiary/aromatic N) is 3. The number of benzene rings is 1. The van der Waals surface area contributed by atoms with Crippen LogP contribution in [0.4, 0.5) is 0 Å². The minimum absolute atomic E-state index is 0.0402. The zero-order valence-electron chi connectivity index (χ0n) is 16.9. The van der Waals surface area contributed by atoms with E-state index in [1.165, 1.54) is 16.0 Å². The third kappa shape index (κ3) is 5.28. The van der Waals surface area contributed by atoms with E-state index in [9.17, 15) is 4.79 Å². The maximum Gasteiger partial charge on any atom is 0.226 e. The third-order valence-electron chi connectivity index (χ3n) is 5.39. The molecule has 1 unspecified atom stereocenters. The van der Waals surface area contributed by atoms with E-state index >= 15 is 0 Å². The molecular weight excluding hydrogens is 420 g/mol. The first kappa shape index (κ1) is 21.0. The van der Waals surface area contributed by atoms with Crippen LogP contribution in [0.1, 0.15) is 46.6 Å². The molecule has 0 saturated carbocycles. The highest BCUT2D eigenvalue weighted by Crippen LogP contribution is 2.30. The number of nitrogens with one attached hydrogen (secondary N) is 1. The average Bonchev–Trinajstić information content (AvgIpc) is 3.37. The van der Waals surface area contributed by atoms with Gasteiger partial charge in [-0.15, -0.1) is 11.3 Å². The van der Waals surface area contributed by atoms with Crippen molar-refractivity contribution in [2.45, 2.75) is 45.2 Å². The van der Waals surface area contributed by atoms with Crippen LogP contribution in [0.3, 0.4) is 0 Å². The predicted octanol–water partition coefficient (Wildman–Crippen LogP) is 4.33. The highest BCUT2D eigenvalue weighted by atomic mass is 35.5. The fourth-order valence-corrected chi connectivity index (χ4v) is 4.84. The Morgan fingerprint density at radius 2 is 2.17 bits per heavy atom. The minimum Gasteiger partial charge on any atom is -0.354 e. The molecule has 4 rings (SSSR count). The van der Waals surface area contributed by atoms with E-state index < -0.39 is 0 Å². The zero-order valence-corrected chi connectivity index (χ0v) is 18.5. The molecule has 0 fully saturated rings. The van der Waals surface area contributed by atoms with Crippen molar-refractivity contribution in [2.75, 3.05) is 13.1 Å². The van der Waals surface area contributed by atoms with E-state index in [-0.39, 0.29) is 11.9 Å². The van der Waals surface area contributed by atoms with Crippen LogP contribution < -0.4 is 5.32 Å². The Morgan fingerprint density at radius 3 is 2.93 bits per heavy atom. The van der Waals surface area contributed by atoms with E-state index in [2.05, 4.69) is 43.9 Å². The van der Waals surface area contributed by atoms with Crippen molar-refractivity contribution in [3.05, 3.63) is 68.5 Å². The molecule has 2 aromatic heterocycles. The van der Waals surface area contributed by atoms with Crippen LogP contribution in [0.5, 0.6) is 0 Å². The van der Waals surface area contributed by atoms with Crippen molar-refractivity contribution >= 4 is 28.8 Å². The molecule has 1 aliphatic heterocycles. The molecule has 1 N–H and O–H groups in total. The van der Waals surface area contributed by atoms with Crippen LogP contribution in [-0.2, 0) is 24.2 Å². The number of hydrogen-bond donors (Lipinski definition) is 1.